The van der Waals surface area contributed by atoms with Crippen LogP contribution in [0.25, 0.3) is 22.5 Å². The first kappa shape index (κ1) is 18.6. The molecule has 0 saturated heterocycles. The van der Waals surface area contributed by atoms with Crippen molar-refractivity contribution in [2.45, 2.75) is 0 Å². The zero-order valence-electron chi connectivity index (χ0n) is 16.6. The number of ether oxygens (including phenoxy) is 2. The van der Waals surface area contributed by atoms with Crippen molar-refractivity contribution in [1.29, 1.82) is 0 Å². The Labute approximate surface area is 169 Å². The molecule has 1 heterocycles. The molecule has 0 atom stereocenters. The summed E-state index contributed by atoms with van der Waals surface area (Å²) >= 11 is 0. The SMILES string of the molecule is COc1ccc(-c2ccccc2Nc2ccc(-c3nncn3C)cc2)cc1OC. The van der Waals surface area contributed by atoms with Crippen molar-refractivity contribution in [3.63, 3.8) is 0 Å². The number of para-hydroxylation sites is 1. The third-order valence-corrected chi connectivity index (χ3v) is 4.76. The quantitative estimate of drug-likeness (QED) is 0.510. The predicted molar refractivity (Wildman–Crippen MR) is 115 cm³/mol. The lowest BCUT2D eigenvalue weighted by molar-refractivity contribution is 0.355. The molecule has 29 heavy (non-hydrogen) atoms. The summed E-state index contributed by atoms with van der Waals surface area (Å²) in [5.74, 6) is 2.25. The highest BCUT2D eigenvalue weighted by Gasteiger charge is 2.10. The van der Waals surface area contributed by atoms with Gasteiger partial charge in [0, 0.05) is 29.5 Å². The molecule has 0 amide bonds. The second kappa shape index (κ2) is 8.06. The number of methoxy groups -OCH3 is 2. The molecule has 1 N–H and O–H groups in total. The smallest absolute Gasteiger partial charge is 0.163 e. The molecule has 0 aliphatic heterocycles. The lowest BCUT2D eigenvalue weighted by atomic mass is 10.0. The van der Waals surface area contributed by atoms with Crippen LogP contribution < -0.4 is 14.8 Å². The summed E-state index contributed by atoms with van der Waals surface area (Å²) in [5.41, 5.74) is 5.13. The van der Waals surface area contributed by atoms with Crippen molar-refractivity contribution < 1.29 is 9.47 Å². The highest BCUT2D eigenvalue weighted by Crippen LogP contribution is 2.36. The van der Waals surface area contributed by atoms with E-state index in [1.807, 2.05) is 66.2 Å². The van der Waals surface area contributed by atoms with E-state index in [-0.39, 0.29) is 0 Å². The Balaban J connectivity index is 1.63. The summed E-state index contributed by atoms with van der Waals surface area (Å²) < 4.78 is 12.7. The van der Waals surface area contributed by atoms with Crippen LogP contribution in [0.2, 0.25) is 0 Å². The molecule has 146 valence electrons. The number of rotatable bonds is 6. The monoisotopic (exact) mass is 386 g/mol. The van der Waals surface area contributed by atoms with Crippen LogP contribution in [0.1, 0.15) is 0 Å². The minimum Gasteiger partial charge on any atom is -0.493 e. The van der Waals surface area contributed by atoms with Gasteiger partial charge < -0.3 is 19.4 Å². The summed E-state index contributed by atoms with van der Waals surface area (Å²) in [5, 5.41) is 11.6. The van der Waals surface area contributed by atoms with Gasteiger partial charge in [-0.15, -0.1) is 10.2 Å². The molecule has 4 rings (SSSR count). The molecule has 0 saturated carbocycles. The minimum atomic E-state index is 0.702. The van der Waals surface area contributed by atoms with Crippen LogP contribution in [0.15, 0.2) is 73.1 Å². The van der Waals surface area contributed by atoms with Crippen molar-refractivity contribution >= 4 is 11.4 Å². The van der Waals surface area contributed by atoms with Crippen LogP contribution in [-0.4, -0.2) is 29.0 Å². The number of anilines is 2. The van der Waals surface area contributed by atoms with Gasteiger partial charge in [-0.3, -0.25) is 0 Å². The Hall–Kier alpha value is -3.80. The topological polar surface area (TPSA) is 61.2 Å². The molecule has 0 aliphatic carbocycles. The van der Waals surface area contributed by atoms with Crippen LogP contribution in [0, 0.1) is 0 Å². The first-order valence-corrected chi connectivity index (χ1v) is 9.22. The highest BCUT2D eigenvalue weighted by atomic mass is 16.5. The van der Waals surface area contributed by atoms with Crippen molar-refractivity contribution in [1.82, 2.24) is 14.8 Å². The van der Waals surface area contributed by atoms with Crippen LogP contribution in [0.5, 0.6) is 11.5 Å². The molecule has 6 nitrogen and oxygen atoms in total. The zero-order chi connectivity index (χ0) is 20.2. The van der Waals surface area contributed by atoms with Gasteiger partial charge >= 0.3 is 0 Å². The maximum absolute atomic E-state index is 5.46. The Morgan fingerprint density at radius 3 is 2.24 bits per heavy atom. The van der Waals surface area contributed by atoms with E-state index in [0.717, 1.165) is 33.9 Å². The van der Waals surface area contributed by atoms with E-state index < -0.39 is 0 Å². The summed E-state index contributed by atoms with van der Waals surface area (Å²) in [4.78, 5) is 0. The molecule has 0 spiro atoms. The Bertz CT molecular complexity index is 1120. The third-order valence-electron chi connectivity index (χ3n) is 4.76. The van der Waals surface area contributed by atoms with Gasteiger partial charge in [0.05, 0.1) is 14.2 Å². The molecule has 1 aromatic heterocycles. The third kappa shape index (κ3) is 3.78. The van der Waals surface area contributed by atoms with Gasteiger partial charge in [-0.1, -0.05) is 24.3 Å². The number of aryl methyl sites for hydroxylation is 1. The first-order chi connectivity index (χ1) is 14.2. The molecule has 0 unspecified atom stereocenters. The predicted octanol–water partition coefficient (Wildman–Crippen LogP) is 4.91. The van der Waals surface area contributed by atoms with E-state index in [2.05, 4.69) is 27.6 Å². The molecule has 4 aromatic rings. The number of benzene rings is 3. The van der Waals surface area contributed by atoms with E-state index in [1.165, 1.54) is 0 Å². The molecule has 0 fully saturated rings. The maximum Gasteiger partial charge on any atom is 0.163 e. The van der Waals surface area contributed by atoms with Crippen molar-refractivity contribution in [3.8, 4) is 34.0 Å². The first-order valence-electron chi connectivity index (χ1n) is 9.22. The van der Waals surface area contributed by atoms with Crippen LogP contribution >= 0.6 is 0 Å². The van der Waals surface area contributed by atoms with Crippen molar-refractivity contribution in [2.24, 2.45) is 7.05 Å². The van der Waals surface area contributed by atoms with Crippen LogP contribution in [0.4, 0.5) is 11.4 Å². The van der Waals surface area contributed by atoms with Gasteiger partial charge in [-0.25, -0.2) is 0 Å². The van der Waals surface area contributed by atoms with Gasteiger partial charge in [0.15, 0.2) is 17.3 Å². The Kier molecular flexibility index (Phi) is 5.16. The van der Waals surface area contributed by atoms with E-state index in [4.69, 9.17) is 9.47 Å². The molecule has 0 aliphatic rings. The van der Waals surface area contributed by atoms with Crippen LogP contribution in [0.3, 0.4) is 0 Å². The zero-order valence-corrected chi connectivity index (χ0v) is 16.6. The largest absolute Gasteiger partial charge is 0.493 e. The minimum absolute atomic E-state index is 0.702. The summed E-state index contributed by atoms with van der Waals surface area (Å²) in [6, 6.07) is 22.2. The van der Waals surface area contributed by atoms with Gasteiger partial charge in [0.1, 0.15) is 6.33 Å². The molecular formula is C23H22N4O2. The second-order valence-electron chi connectivity index (χ2n) is 6.58. The standard InChI is InChI=1S/C23H22N4O2/c1-27-15-24-26-23(27)16-8-11-18(12-9-16)25-20-7-5-4-6-19(20)17-10-13-21(28-2)22(14-17)29-3/h4-15,25H,1-3H3. The number of hydrogen-bond donors (Lipinski definition) is 1. The van der Waals surface area contributed by atoms with E-state index in [0.29, 0.717) is 11.5 Å². The van der Waals surface area contributed by atoms with Gasteiger partial charge in [-0.05, 0) is 48.0 Å². The fourth-order valence-corrected chi connectivity index (χ4v) is 3.25. The summed E-state index contributed by atoms with van der Waals surface area (Å²) in [7, 11) is 5.21. The highest BCUT2D eigenvalue weighted by molar-refractivity contribution is 5.82. The second-order valence-corrected chi connectivity index (χ2v) is 6.58. The number of aromatic nitrogens is 3. The van der Waals surface area contributed by atoms with E-state index >= 15 is 0 Å². The Morgan fingerprint density at radius 2 is 1.55 bits per heavy atom. The number of nitrogens with one attached hydrogen (secondary N) is 1. The van der Waals surface area contributed by atoms with Gasteiger partial charge in [-0.2, -0.15) is 0 Å². The number of hydrogen-bond acceptors (Lipinski definition) is 5. The molecular weight excluding hydrogens is 364 g/mol. The van der Waals surface area contributed by atoms with E-state index in [1.54, 1.807) is 20.5 Å². The van der Waals surface area contributed by atoms with Crippen molar-refractivity contribution in [3.05, 3.63) is 73.1 Å². The summed E-state index contributed by atoms with van der Waals surface area (Å²) in [6.07, 6.45) is 1.70. The summed E-state index contributed by atoms with van der Waals surface area (Å²) in [6.45, 7) is 0. The molecule has 3 aromatic carbocycles. The van der Waals surface area contributed by atoms with Crippen LogP contribution in [-0.2, 0) is 7.05 Å². The van der Waals surface area contributed by atoms with Gasteiger partial charge in [0.25, 0.3) is 0 Å². The average Bonchev–Trinajstić information content (AvgIpc) is 3.20. The molecule has 6 heteroatoms. The average molecular weight is 386 g/mol. The number of nitrogens with zero attached hydrogens (tertiary/aromatic N) is 3. The fraction of sp³-hybridized carbons (Fsp3) is 0.130. The van der Waals surface area contributed by atoms with Gasteiger partial charge in [0.2, 0.25) is 0 Å². The lowest BCUT2D eigenvalue weighted by Gasteiger charge is -2.14. The normalized spacial score (nSPS) is 10.6. The van der Waals surface area contributed by atoms with E-state index in [9.17, 15) is 0 Å². The maximum atomic E-state index is 5.46. The molecule has 0 radical (unpaired) electrons. The fourth-order valence-electron chi connectivity index (χ4n) is 3.25. The van der Waals surface area contributed by atoms with Crippen molar-refractivity contribution in [2.75, 3.05) is 19.5 Å². The molecule has 0 bridgehead atoms. The Morgan fingerprint density at radius 1 is 0.828 bits per heavy atom. The lowest BCUT2D eigenvalue weighted by Crippen LogP contribution is -1.95.